The highest BCUT2D eigenvalue weighted by atomic mass is 16.6. The van der Waals surface area contributed by atoms with Gasteiger partial charge in [0.2, 0.25) is 0 Å². The van der Waals surface area contributed by atoms with Gasteiger partial charge in [0.15, 0.2) is 0 Å². The lowest BCUT2D eigenvalue weighted by Gasteiger charge is -2.47. The van der Waals surface area contributed by atoms with Crippen molar-refractivity contribution in [1.82, 2.24) is 10.2 Å². The Morgan fingerprint density at radius 3 is 2.41 bits per heavy atom. The molecule has 9 nitrogen and oxygen atoms in total. The number of nitrogens with zero attached hydrogens (tertiary/aromatic N) is 2. The number of non-ortho nitro benzene ring substituents is 1. The molecule has 2 N–H and O–H groups in total. The van der Waals surface area contributed by atoms with E-state index >= 15 is 0 Å². The van der Waals surface area contributed by atoms with Crippen molar-refractivity contribution in [2.24, 2.45) is 5.41 Å². The van der Waals surface area contributed by atoms with E-state index < -0.39 is 34.2 Å². The summed E-state index contributed by atoms with van der Waals surface area (Å²) in [7, 11) is 1.26. The van der Waals surface area contributed by atoms with Crippen LogP contribution in [-0.4, -0.2) is 59.7 Å². The first-order valence-electron chi connectivity index (χ1n) is 13.5. The fourth-order valence-corrected chi connectivity index (χ4v) is 6.51. The van der Waals surface area contributed by atoms with E-state index in [1.807, 2.05) is 6.07 Å². The van der Waals surface area contributed by atoms with Crippen LogP contribution in [-0.2, 0) is 14.3 Å². The number of carboxylic acid groups (broad SMARTS) is 1. The summed E-state index contributed by atoms with van der Waals surface area (Å²) in [5.41, 5.74) is 0.930. The van der Waals surface area contributed by atoms with E-state index in [1.54, 1.807) is 19.9 Å². The number of rotatable bonds is 9. The van der Waals surface area contributed by atoms with Gasteiger partial charge in [-0.15, -0.1) is 0 Å². The maximum Gasteiger partial charge on any atom is 0.336 e. The van der Waals surface area contributed by atoms with E-state index in [0.717, 1.165) is 32.5 Å². The van der Waals surface area contributed by atoms with Gasteiger partial charge in [0.05, 0.1) is 23.0 Å². The number of aliphatic carboxylic acids is 1. The standard InChI is InChI=1S/C30H37N3O6/c1-20-26(28(34)39-3)27(24-11-7-12-25(19-24)33(37)38)30(29(35)36,21(2)31-20)15-8-16-32-17-13-23(14-18-32)22-9-5-4-6-10-22/h4-7,9-12,19,21,23,27,31H,8,13-18H2,1-3H3,(H,35,36). The molecule has 208 valence electrons. The van der Waals surface area contributed by atoms with E-state index in [9.17, 15) is 24.8 Å². The van der Waals surface area contributed by atoms with Crippen LogP contribution in [0.25, 0.3) is 0 Å². The summed E-state index contributed by atoms with van der Waals surface area (Å²) >= 11 is 0. The van der Waals surface area contributed by atoms with Crippen molar-refractivity contribution in [2.45, 2.75) is 57.4 Å². The van der Waals surface area contributed by atoms with Gasteiger partial charge in [-0.3, -0.25) is 14.9 Å². The molecule has 0 spiro atoms. The van der Waals surface area contributed by atoms with Crippen LogP contribution >= 0.6 is 0 Å². The fraction of sp³-hybridized carbons (Fsp3) is 0.467. The molecule has 9 heteroatoms. The third kappa shape index (κ3) is 5.68. The third-order valence-electron chi connectivity index (χ3n) is 8.55. The molecule has 4 rings (SSSR count). The molecule has 39 heavy (non-hydrogen) atoms. The average Bonchev–Trinajstić information content (AvgIpc) is 2.94. The van der Waals surface area contributed by atoms with Crippen LogP contribution in [0.1, 0.15) is 62.5 Å². The molecule has 1 fully saturated rings. The predicted octanol–water partition coefficient (Wildman–Crippen LogP) is 4.85. The number of likely N-dealkylation sites (tertiary alicyclic amines) is 1. The van der Waals surface area contributed by atoms with Crippen LogP contribution in [0.3, 0.4) is 0 Å². The average molecular weight is 536 g/mol. The smallest absolute Gasteiger partial charge is 0.336 e. The molecule has 0 bridgehead atoms. The number of carboxylic acids is 1. The van der Waals surface area contributed by atoms with Crippen molar-refractivity contribution in [3.63, 3.8) is 0 Å². The minimum atomic E-state index is -1.42. The lowest BCUT2D eigenvalue weighted by molar-refractivity contribution is -0.384. The molecule has 2 aliphatic heterocycles. The lowest BCUT2D eigenvalue weighted by Crippen LogP contribution is -2.56. The van der Waals surface area contributed by atoms with Gasteiger partial charge in [-0.1, -0.05) is 42.5 Å². The number of nitro groups is 1. The number of nitrogens with one attached hydrogen (secondary N) is 1. The van der Waals surface area contributed by atoms with Crippen molar-refractivity contribution < 1.29 is 24.4 Å². The zero-order valence-corrected chi connectivity index (χ0v) is 22.8. The fourth-order valence-electron chi connectivity index (χ4n) is 6.51. The first-order chi connectivity index (χ1) is 18.7. The van der Waals surface area contributed by atoms with Crippen LogP contribution in [0.5, 0.6) is 0 Å². The van der Waals surface area contributed by atoms with Gasteiger partial charge in [-0.05, 0) is 76.2 Å². The predicted molar refractivity (Wildman–Crippen MR) is 147 cm³/mol. The summed E-state index contributed by atoms with van der Waals surface area (Å²) < 4.78 is 5.07. The van der Waals surface area contributed by atoms with Crippen LogP contribution in [0.2, 0.25) is 0 Å². The second-order valence-electron chi connectivity index (χ2n) is 10.7. The van der Waals surface area contributed by atoms with Crippen molar-refractivity contribution in [3.05, 3.63) is 87.1 Å². The Hall–Kier alpha value is -3.72. The molecule has 0 aliphatic carbocycles. The van der Waals surface area contributed by atoms with Crippen molar-refractivity contribution in [3.8, 4) is 0 Å². The molecule has 2 heterocycles. The Labute approximate surface area is 229 Å². The maximum atomic E-state index is 13.2. The summed E-state index contributed by atoms with van der Waals surface area (Å²) in [5, 5.41) is 25.5. The highest BCUT2D eigenvalue weighted by Crippen LogP contribution is 2.51. The number of esters is 1. The van der Waals surface area contributed by atoms with E-state index in [-0.39, 0.29) is 17.7 Å². The zero-order valence-electron chi connectivity index (χ0n) is 22.8. The van der Waals surface area contributed by atoms with Crippen LogP contribution in [0, 0.1) is 15.5 Å². The first kappa shape index (κ1) is 28.3. The number of hydrogen-bond donors (Lipinski definition) is 2. The van der Waals surface area contributed by atoms with Crippen LogP contribution < -0.4 is 5.32 Å². The molecule has 2 aromatic rings. The van der Waals surface area contributed by atoms with Crippen molar-refractivity contribution in [2.75, 3.05) is 26.7 Å². The summed E-state index contributed by atoms with van der Waals surface area (Å²) in [4.78, 5) is 39.6. The Morgan fingerprint density at radius 2 is 1.79 bits per heavy atom. The number of benzene rings is 2. The second-order valence-corrected chi connectivity index (χ2v) is 10.7. The SMILES string of the molecule is COC(=O)C1=C(C)NC(C)C(CCCN2CCC(c3ccccc3)CC2)(C(=O)O)C1c1cccc([N+](=O)[O-])c1. The largest absolute Gasteiger partial charge is 0.481 e. The number of carbonyl (C=O) groups excluding carboxylic acids is 1. The summed E-state index contributed by atoms with van der Waals surface area (Å²) in [6.45, 7) is 6.14. The monoisotopic (exact) mass is 535 g/mol. The van der Waals surface area contributed by atoms with Gasteiger partial charge in [-0.25, -0.2) is 4.79 Å². The van der Waals surface area contributed by atoms with Gasteiger partial charge < -0.3 is 20.1 Å². The Bertz CT molecular complexity index is 1240. The molecule has 3 atom stereocenters. The lowest BCUT2D eigenvalue weighted by atomic mass is 9.60. The van der Waals surface area contributed by atoms with Crippen molar-refractivity contribution in [1.29, 1.82) is 0 Å². The summed E-state index contributed by atoms with van der Waals surface area (Å²) in [6, 6.07) is 15.9. The minimum absolute atomic E-state index is 0.152. The number of ether oxygens (including phenoxy) is 1. The third-order valence-corrected chi connectivity index (χ3v) is 8.55. The first-order valence-corrected chi connectivity index (χ1v) is 13.5. The van der Waals surface area contributed by atoms with Gasteiger partial charge >= 0.3 is 11.9 Å². The minimum Gasteiger partial charge on any atom is -0.481 e. The molecule has 0 amide bonds. The van der Waals surface area contributed by atoms with E-state index in [0.29, 0.717) is 23.6 Å². The van der Waals surface area contributed by atoms with E-state index in [1.165, 1.54) is 30.9 Å². The maximum absolute atomic E-state index is 13.2. The molecule has 0 radical (unpaired) electrons. The number of carbonyl (C=O) groups is 2. The number of methoxy groups -OCH3 is 1. The number of allylic oxidation sites excluding steroid dienone is 1. The molecular weight excluding hydrogens is 498 g/mol. The highest BCUT2D eigenvalue weighted by Gasteiger charge is 2.56. The quantitative estimate of drug-likeness (QED) is 0.266. The molecule has 2 aromatic carbocycles. The van der Waals surface area contributed by atoms with Gasteiger partial charge in [-0.2, -0.15) is 0 Å². The Balaban J connectivity index is 1.60. The van der Waals surface area contributed by atoms with E-state index in [2.05, 4.69) is 34.5 Å². The summed E-state index contributed by atoms with van der Waals surface area (Å²) in [6.07, 6.45) is 3.00. The van der Waals surface area contributed by atoms with Crippen molar-refractivity contribution >= 4 is 17.6 Å². The Kier molecular flexibility index (Phi) is 8.70. The topological polar surface area (TPSA) is 122 Å². The van der Waals surface area contributed by atoms with Crippen LogP contribution in [0.4, 0.5) is 5.69 Å². The Morgan fingerprint density at radius 1 is 1.13 bits per heavy atom. The molecule has 2 aliphatic rings. The molecule has 0 saturated carbocycles. The number of hydrogen-bond acceptors (Lipinski definition) is 7. The van der Waals surface area contributed by atoms with E-state index in [4.69, 9.17) is 4.74 Å². The molecule has 1 saturated heterocycles. The zero-order chi connectivity index (χ0) is 28.2. The van der Waals surface area contributed by atoms with Gasteiger partial charge in [0.25, 0.3) is 5.69 Å². The molecule has 0 aromatic heterocycles. The van der Waals surface area contributed by atoms with Gasteiger partial charge in [0.1, 0.15) is 0 Å². The summed E-state index contributed by atoms with van der Waals surface area (Å²) in [5.74, 6) is -2.07. The molecule has 3 unspecified atom stereocenters. The highest BCUT2D eigenvalue weighted by molar-refractivity contribution is 5.94. The number of nitro benzene ring substituents is 1. The normalized spacial score (nSPS) is 24.2. The van der Waals surface area contributed by atoms with Gasteiger partial charge in [0, 0.05) is 29.8 Å². The second kappa shape index (κ2) is 12.0. The van der Waals surface area contributed by atoms with Crippen LogP contribution in [0.15, 0.2) is 65.9 Å². The molecular formula is C30H37N3O6. The number of piperidine rings is 1.